The first kappa shape index (κ1) is 14.8. The van der Waals surface area contributed by atoms with Gasteiger partial charge in [-0.15, -0.1) is 0 Å². The van der Waals surface area contributed by atoms with E-state index in [0.29, 0.717) is 20.4 Å². The van der Waals surface area contributed by atoms with Crippen LogP contribution >= 0.6 is 31.9 Å². The molecule has 0 aliphatic heterocycles. The molecule has 17 heavy (non-hydrogen) atoms. The van der Waals surface area contributed by atoms with Crippen molar-refractivity contribution in [2.24, 2.45) is 0 Å². The van der Waals surface area contributed by atoms with Crippen molar-refractivity contribution in [3.05, 3.63) is 21.1 Å². The second-order valence-corrected chi connectivity index (χ2v) is 7.58. The predicted molar refractivity (Wildman–Crippen MR) is 76.1 cm³/mol. The first-order valence-electron chi connectivity index (χ1n) is 4.93. The Kier molecular flexibility index (Phi) is 5.27. The zero-order valence-electron chi connectivity index (χ0n) is 9.24. The lowest BCUT2D eigenvalue weighted by molar-refractivity contribution is 0.336. The van der Waals surface area contributed by atoms with E-state index >= 15 is 0 Å². The van der Waals surface area contributed by atoms with Gasteiger partial charge in [0.15, 0.2) is 9.84 Å². The largest absolute Gasteiger partial charge is 0.490 e. The summed E-state index contributed by atoms with van der Waals surface area (Å²) in [5, 5.41) is 0. The molecular weight excluding hydrogens is 374 g/mol. The number of nitrogens with two attached hydrogens (primary N) is 1. The number of hydrogen-bond donors (Lipinski definition) is 1. The zero-order chi connectivity index (χ0) is 13.1. The molecule has 4 nitrogen and oxygen atoms in total. The summed E-state index contributed by atoms with van der Waals surface area (Å²) in [5.74, 6) is 0.693. The third-order valence-electron chi connectivity index (χ3n) is 2.10. The zero-order valence-corrected chi connectivity index (χ0v) is 13.2. The van der Waals surface area contributed by atoms with Crippen molar-refractivity contribution in [1.82, 2.24) is 0 Å². The van der Waals surface area contributed by atoms with Gasteiger partial charge in [-0.3, -0.25) is 0 Å². The fraction of sp³-hybridized carbons (Fsp3) is 0.400. The minimum Gasteiger partial charge on any atom is -0.490 e. The lowest BCUT2D eigenvalue weighted by Gasteiger charge is -2.11. The standard InChI is InChI=1S/C10H13Br2NO3S/c1-2-17(14,15)4-3-16-10-8(11)5-7(13)6-9(10)12/h5-6H,2-4,13H2,1H3. The van der Waals surface area contributed by atoms with E-state index in [1.807, 2.05) is 0 Å². The monoisotopic (exact) mass is 385 g/mol. The molecule has 0 atom stereocenters. The number of ether oxygens (including phenoxy) is 1. The molecule has 0 aliphatic rings. The Hall–Kier alpha value is -0.270. The summed E-state index contributed by atoms with van der Waals surface area (Å²) in [4.78, 5) is 0. The van der Waals surface area contributed by atoms with Crippen molar-refractivity contribution in [3.63, 3.8) is 0 Å². The number of nitrogen functional groups attached to an aromatic ring is 1. The Bertz CT molecular complexity index is 479. The van der Waals surface area contributed by atoms with Gasteiger partial charge in [-0.25, -0.2) is 8.42 Å². The Morgan fingerprint density at radius 3 is 2.29 bits per heavy atom. The normalized spacial score (nSPS) is 11.5. The molecule has 0 bridgehead atoms. The quantitative estimate of drug-likeness (QED) is 0.789. The first-order chi connectivity index (χ1) is 7.85. The molecule has 0 fully saturated rings. The van der Waals surface area contributed by atoms with Crippen molar-refractivity contribution in [3.8, 4) is 5.75 Å². The summed E-state index contributed by atoms with van der Waals surface area (Å²) < 4.78 is 29.4. The van der Waals surface area contributed by atoms with Crippen molar-refractivity contribution < 1.29 is 13.2 Å². The van der Waals surface area contributed by atoms with Crippen LogP contribution in [0.3, 0.4) is 0 Å². The second kappa shape index (κ2) is 6.06. The Labute approximate surface area is 118 Å². The summed E-state index contributed by atoms with van der Waals surface area (Å²) in [7, 11) is -3.00. The first-order valence-corrected chi connectivity index (χ1v) is 8.34. The average Bonchev–Trinajstić information content (AvgIpc) is 2.22. The van der Waals surface area contributed by atoms with E-state index in [4.69, 9.17) is 10.5 Å². The lowest BCUT2D eigenvalue weighted by atomic mass is 10.3. The molecule has 0 saturated carbocycles. The maximum atomic E-state index is 11.3. The van der Waals surface area contributed by atoms with E-state index in [1.165, 1.54) is 0 Å². The molecule has 1 rings (SSSR count). The van der Waals surface area contributed by atoms with Crippen LogP contribution in [-0.2, 0) is 9.84 Å². The molecule has 0 heterocycles. The van der Waals surface area contributed by atoms with E-state index in [1.54, 1.807) is 19.1 Å². The molecule has 2 N–H and O–H groups in total. The molecule has 0 radical (unpaired) electrons. The number of benzene rings is 1. The van der Waals surface area contributed by atoms with Gasteiger partial charge in [0.25, 0.3) is 0 Å². The minimum absolute atomic E-state index is 0.00670. The maximum Gasteiger partial charge on any atom is 0.153 e. The van der Waals surface area contributed by atoms with Crippen molar-refractivity contribution in [1.29, 1.82) is 0 Å². The van der Waals surface area contributed by atoms with Crippen LogP contribution in [0.15, 0.2) is 21.1 Å². The van der Waals surface area contributed by atoms with Crippen LogP contribution in [0, 0.1) is 0 Å². The summed E-state index contributed by atoms with van der Waals surface area (Å²) in [6.07, 6.45) is 0. The van der Waals surface area contributed by atoms with Crippen molar-refractivity contribution in [2.45, 2.75) is 6.92 Å². The summed E-state index contributed by atoms with van der Waals surface area (Å²) in [6, 6.07) is 3.41. The smallest absolute Gasteiger partial charge is 0.153 e. The molecule has 96 valence electrons. The third-order valence-corrected chi connectivity index (χ3v) is 4.95. The van der Waals surface area contributed by atoms with E-state index < -0.39 is 9.84 Å². The highest BCUT2D eigenvalue weighted by Crippen LogP contribution is 2.35. The van der Waals surface area contributed by atoms with Gasteiger partial charge in [0.1, 0.15) is 12.4 Å². The summed E-state index contributed by atoms with van der Waals surface area (Å²) in [5.41, 5.74) is 6.23. The lowest BCUT2D eigenvalue weighted by Crippen LogP contribution is -2.15. The van der Waals surface area contributed by atoms with Gasteiger partial charge in [-0.1, -0.05) is 6.92 Å². The summed E-state index contributed by atoms with van der Waals surface area (Å²) >= 11 is 6.62. The van der Waals surface area contributed by atoms with Crippen LogP contribution in [0.2, 0.25) is 0 Å². The van der Waals surface area contributed by atoms with Crippen molar-refractivity contribution in [2.75, 3.05) is 23.8 Å². The van der Waals surface area contributed by atoms with Gasteiger partial charge in [0, 0.05) is 11.4 Å². The Morgan fingerprint density at radius 2 is 1.82 bits per heavy atom. The van der Waals surface area contributed by atoms with E-state index in [0.717, 1.165) is 0 Å². The number of sulfone groups is 1. The van der Waals surface area contributed by atoms with Crippen LogP contribution in [0.5, 0.6) is 5.75 Å². The average molecular weight is 387 g/mol. The Morgan fingerprint density at radius 1 is 1.29 bits per heavy atom. The van der Waals surface area contributed by atoms with Crippen LogP contribution in [0.4, 0.5) is 5.69 Å². The maximum absolute atomic E-state index is 11.3. The molecule has 7 heteroatoms. The van der Waals surface area contributed by atoms with Gasteiger partial charge < -0.3 is 10.5 Å². The van der Waals surface area contributed by atoms with Crippen LogP contribution in [0.1, 0.15) is 6.92 Å². The van der Waals surface area contributed by atoms with Gasteiger partial charge >= 0.3 is 0 Å². The SMILES string of the molecule is CCS(=O)(=O)CCOc1c(Br)cc(N)cc1Br. The molecule has 0 aliphatic carbocycles. The second-order valence-electron chi connectivity index (χ2n) is 3.40. The highest BCUT2D eigenvalue weighted by atomic mass is 79.9. The Balaban J connectivity index is 2.71. The molecule has 1 aromatic rings. The molecule has 0 saturated heterocycles. The molecule has 0 amide bonds. The highest BCUT2D eigenvalue weighted by Gasteiger charge is 2.11. The summed E-state index contributed by atoms with van der Waals surface area (Å²) in [6.45, 7) is 1.74. The van der Waals surface area contributed by atoms with Gasteiger partial charge in [0.05, 0.1) is 14.7 Å². The van der Waals surface area contributed by atoms with Gasteiger partial charge in [-0.05, 0) is 44.0 Å². The number of hydrogen-bond acceptors (Lipinski definition) is 4. The highest BCUT2D eigenvalue weighted by molar-refractivity contribution is 9.11. The van der Waals surface area contributed by atoms with E-state index in [2.05, 4.69) is 31.9 Å². The molecule has 1 aromatic carbocycles. The molecule has 0 spiro atoms. The van der Waals surface area contributed by atoms with Crippen LogP contribution in [0.25, 0.3) is 0 Å². The number of halogens is 2. The van der Waals surface area contributed by atoms with Crippen LogP contribution < -0.4 is 10.5 Å². The van der Waals surface area contributed by atoms with Crippen LogP contribution in [-0.4, -0.2) is 26.5 Å². The number of anilines is 1. The predicted octanol–water partition coefficient (Wildman–Crippen LogP) is 2.61. The topological polar surface area (TPSA) is 69.4 Å². The molecular formula is C10H13Br2NO3S. The van der Waals surface area contributed by atoms with Crippen molar-refractivity contribution >= 4 is 47.4 Å². The third kappa shape index (κ3) is 4.48. The molecule has 0 aromatic heterocycles. The number of rotatable bonds is 5. The van der Waals surface area contributed by atoms with Gasteiger partial charge in [-0.2, -0.15) is 0 Å². The molecule has 0 unspecified atom stereocenters. The van der Waals surface area contributed by atoms with Gasteiger partial charge in [0.2, 0.25) is 0 Å². The fourth-order valence-corrected chi connectivity index (χ4v) is 3.21. The van der Waals surface area contributed by atoms with E-state index in [-0.39, 0.29) is 18.1 Å². The van der Waals surface area contributed by atoms with E-state index in [9.17, 15) is 8.42 Å². The fourth-order valence-electron chi connectivity index (χ4n) is 1.13. The minimum atomic E-state index is -3.00.